The maximum Gasteiger partial charge on any atom is 0.162 e. The van der Waals surface area contributed by atoms with Crippen molar-refractivity contribution in [2.24, 2.45) is 28.6 Å². The summed E-state index contributed by atoms with van der Waals surface area (Å²) in [5.74, 6) is 0.719. The van der Waals surface area contributed by atoms with E-state index in [1.54, 1.807) is 11.8 Å². The molecule has 4 heteroatoms. The number of aliphatic hydroxyl groups excluding tert-OH is 1. The van der Waals surface area contributed by atoms with E-state index in [1.165, 1.54) is 10.5 Å². The molecule has 0 heterocycles. The van der Waals surface area contributed by atoms with Crippen LogP contribution in [0.3, 0.4) is 0 Å². The second-order valence-electron chi connectivity index (χ2n) is 10.7. The van der Waals surface area contributed by atoms with Gasteiger partial charge in [0.1, 0.15) is 0 Å². The van der Waals surface area contributed by atoms with Crippen LogP contribution in [0.4, 0.5) is 0 Å². The van der Waals surface area contributed by atoms with Crippen LogP contribution in [0, 0.1) is 28.6 Å². The van der Waals surface area contributed by atoms with Crippen molar-refractivity contribution in [1.82, 2.24) is 0 Å². The molecule has 0 radical (unpaired) electrons. The van der Waals surface area contributed by atoms with Gasteiger partial charge in [0.25, 0.3) is 0 Å². The van der Waals surface area contributed by atoms with Gasteiger partial charge in [0.05, 0.1) is 11.7 Å². The molecule has 0 saturated heterocycles. The third kappa shape index (κ3) is 3.20. The van der Waals surface area contributed by atoms with Gasteiger partial charge in [-0.05, 0) is 85.8 Å². The number of hydrogen-bond acceptors (Lipinski definition) is 4. The minimum absolute atomic E-state index is 0.0478. The van der Waals surface area contributed by atoms with Crippen LogP contribution >= 0.6 is 11.8 Å². The fraction of sp³-hybridized carbons (Fsp3) is 0.593. The number of aliphatic hydroxyl groups is 2. The Hall–Kier alpha value is -1.36. The van der Waals surface area contributed by atoms with E-state index < -0.39 is 11.7 Å². The van der Waals surface area contributed by atoms with E-state index in [-0.39, 0.29) is 28.4 Å². The van der Waals surface area contributed by atoms with E-state index in [0.29, 0.717) is 18.8 Å². The molecule has 1 aromatic rings. The third-order valence-corrected chi connectivity index (χ3v) is 10.3. The molecule has 0 bridgehead atoms. The summed E-state index contributed by atoms with van der Waals surface area (Å²) in [6, 6.07) is 10.2. The minimum Gasteiger partial charge on any atom is -0.392 e. The van der Waals surface area contributed by atoms with Gasteiger partial charge in [-0.15, -0.1) is 0 Å². The Labute approximate surface area is 190 Å². The zero-order valence-corrected chi connectivity index (χ0v) is 19.4. The summed E-state index contributed by atoms with van der Waals surface area (Å²) in [6.45, 7) is 4.44. The van der Waals surface area contributed by atoms with Crippen molar-refractivity contribution in [1.29, 1.82) is 0 Å². The first-order chi connectivity index (χ1) is 14.8. The van der Waals surface area contributed by atoms with Crippen molar-refractivity contribution >= 4 is 17.5 Å². The van der Waals surface area contributed by atoms with Crippen molar-refractivity contribution in [3.63, 3.8) is 0 Å². The van der Waals surface area contributed by atoms with Crippen molar-refractivity contribution in [2.75, 3.05) is 0 Å². The number of rotatable bonds is 3. The van der Waals surface area contributed by atoms with Gasteiger partial charge < -0.3 is 10.2 Å². The molecular weight excluding hydrogens is 404 g/mol. The number of hydrogen-bond donors (Lipinski definition) is 2. The summed E-state index contributed by atoms with van der Waals surface area (Å²) in [5, 5.41) is 24.6. The highest BCUT2D eigenvalue weighted by Crippen LogP contribution is 2.67. The molecule has 1 unspecified atom stereocenters. The van der Waals surface area contributed by atoms with E-state index >= 15 is 0 Å². The molecule has 7 atom stereocenters. The van der Waals surface area contributed by atoms with E-state index in [2.05, 4.69) is 37.5 Å². The summed E-state index contributed by atoms with van der Waals surface area (Å²) < 4.78 is 0. The van der Waals surface area contributed by atoms with Gasteiger partial charge >= 0.3 is 0 Å². The van der Waals surface area contributed by atoms with Crippen LogP contribution in [-0.2, 0) is 4.79 Å². The number of fused-ring (bicyclic) bond motifs is 5. The normalized spacial score (nSPS) is 44.5. The molecule has 0 amide bonds. The largest absolute Gasteiger partial charge is 0.392 e. The quantitative estimate of drug-likeness (QED) is 0.610. The van der Waals surface area contributed by atoms with E-state index in [9.17, 15) is 15.0 Å². The second kappa shape index (κ2) is 7.60. The fourth-order valence-corrected chi connectivity index (χ4v) is 8.24. The van der Waals surface area contributed by atoms with Gasteiger partial charge in [0, 0.05) is 16.2 Å². The van der Waals surface area contributed by atoms with Gasteiger partial charge in [-0.3, -0.25) is 4.79 Å². The lowest BCUT2D eigenvalue weighted by atomic mass is 9.45. The first-order valence-electron chi connectivity index (χ1n) is 11.8. The molecule has 2 N–H and O–H groups in total. The first kappa shape index (κ1) is 21.5. The lowest BCUT2D eigenvalue weighted by molar-refractivity contribution is -0.193. The standard InChI is InChI=1S/C27H34O3S/c1-25-17-18(12-15-31-20-6-4-3-5-7-20)23(28)16-19(25)8-9-22-21(25)10-13-26(2)24(29)11-14-27(22,26)30/h3-7,12,15-16,18,21-22,24,29-30H,8-11,13-14,17H2,1-2H3/t18?,21-,22+,24-,25-,26+,27+/m0/s1. The Morgan fingerprint density at radius 3 is 2.61 bits per heavy atom. The maximum atomic E-state index is 12.9. The van der Waals surface area contributed by atoms with E-state index in [1.807, 2.05) is 24.3 Å². The minimum atomic E-state index is -0.778. The molecular formula is C27H34O3S. The van der Waals surface area contributed by atoms with Crippen LogP contribution in [-0.4, -0.2) is 27.7 Å². The highest BCUT2D eigenvalue weighted by atomic mass is 32.2. The Morgan fingerprint density at radius 2 is 1.84 bits per heavy atom. The number of allylic oxidation sites excluding steroid dienone is 2. The number of carbonyl (C=O) groups excluding carboxylic acids is 1. The van der Waals surface area contributed by atoms with Gasteiger partial charge in [-0.1, -0.05) is 55.5 Å². The van der Waals surface area contributed by atoms with Crippen LogP contribution in [0.25, 0.3) is 0 Å². The summed E-state index contributed by atoms with van der Waals surface area (Å²) in [4.78, 5) is 14.1. The summed E-state index contributed by atoms with van der Waals surface area (Å²) >= 11 is 1.66. The molecule has 4 aliphatic carbocycles. The molecule has 5 rings (SSSR count). The molecule has 0 aromatic heterocycles. The molecule has 3 nitrogen and oxygen atoms in total. The molecule has 0 aliphatic heterocycles. The average molecular weight is 439 g/mol. The lowest BCUT2D eigenvalue weighted by Gasteiger charge is -2.61. The van der Waals surface area contributed by atoms with E-state index in [0.717, 1.165) is 32.1 Å². The number of ketones is 1. The highest BCUT2D eigenvalue weighted by molar-refractivity contribution is 8.02. The number of benzene rings is 1. The predicted molar refractivity (Wildman–Crippen MR) is 124 cm³/mol. The van der Waals surface area contributed by atoms with Gasteiger partial charge in [0.2, 0.25) is 0 Å². The Kier molecular flexibility index (Phi) is 5.27. The Morgan fingerprint density at radius 1 is 1.06 bits per heavy atom. The van der Waals surface area contributed by atoms with Crippen molar-refractivity contribution in [3.8, 4) is 0 Å². The summed E-state index contributed by atoms with van der Waals surface area (Å²) in [7, 11) is 0. The van der Waals surface area contributed by atoms with Crippen molar-refractivity contribution in [3.05, 3.63) is 53.5 Å². The van der Waals surface area contributed by atoms with Crippen LogP contribution in [0.1, 0.15) is 58.8 Å². The van der Waals surface area contributed by atoms with Gasteiger partial charge in [0.15, 0.2) is 5.78 Å². The smallest absolute Gasteiger partial charge is 0.162 e. The lowest BCUT2D eigenvalue weighted by Crippen LogP contribution is -2.61. The Balaban J connectivity index is 1.40. The van der Waals surface area contributed by atoms with Crippen molar-refractivity contribution < 1.29 is 15.0 Å². The fourth-order valence-electron chi connectivity index (χ4n) is 7.50. The first-order valence-corrected chi connectivity index (χ1v) is 12.7. The second-order valence-corrected chi connectivity index (χ2v) is 11.7. The molecule has 3 fully saturated rings. The molecule has 31 heavy (non-hydrogen) atoms. The zero-order valence-electron chi connectivity index (χ0n) is 18.6. The van der Waals surface area contributed by atoms with E-state index in [4.69, 9.17) is 0 Å². The zero-order chi connectivity index (χ0) is 21.9. The number of thioether (sulfide) groups is 1. The predicted octanol–water partition coefficient (Wildman–Crippen LogP) is 5.53. The average Bonchev–Trinajstić information content (AvgIpc) is 3.00. The summed E-state index contributed by atoms with van der Waals surface area (Å²) in [6.07, 6.45) is 9.58. The highest BCUT2D eigenvalue weighted by Gasteiger charge is 2.66. The van der Waals surface area contributed by atoms with Crippen LogP contribution < -0.4 is 0 Å². The summed E-state index contributed by atoms with van der Waals surface area (Å²) in [5.41, 5.74) is 0.0834. The molecule has 1 aromatic carbocycles. The topological polar surface area (TPSA) is 57.5 Å². The molecule has 166 valence electrons. The Bertz CT molecular complexity index is 924. The molecule has 0 spiro atoms. The number of carbonyl (C=O) groups is 1. The van der Waals surface area contributed by atoms with Gasteiger partial charge in [-0.2, -0.15) is 0 Å². The van der Waals surface area contributed by atoms with Crippen LogP contribution in [0.2, 0.25) is 0 Å². The maximum absolute atomic E-state index is 12.9. The third-order valence-electron chi connectivity index (χ3n) is 9.46. The SMILES string of the molecule is C[C@]12CC(C=CSc3ccccc3)C(=O)C=C1CC[C@@H]1[C@@H]2CC[C@]2(C)[C@@H](O)CC[C@@]12O. The molecule has 3 saturated carbocycles. The monoisotopic (exact) mass is 438 g/mol. The molecule has 4 aliphatic rings. The van der Waals surface area contributed by atoms with Crippen molar-refractivity contribution in [2.45, 2.75) is 75.4 Å². The van der Waals surface area contributed by atoms with Crippen LogP contribution in [0.5, 0.6) is 0 Å². The van der Waals surface area contributed by atoms with Crippen LogP contribution in [0.15, 0.2) is 58.4 Å². The van der Waals surface area contributed by atoms with Gasteiger partial charge in [-0.25, -0.2) is 0 Å².